The van der Waals surface area contributed by atoms with Crippen LogP contribution in [0.1, 0.15) is 23.2 Å². The van der Waals surface area contributed by atoms with E-state index in [1.54, 1.807) is 11.0 Å². The first kappa shape index (κ1) is 14.1. The van der Waals surface area contributed by atoms with Gasteiger partial charge in [-0.3, -0.25) is 9.59 Å². The molecule has 0 bridgehead atoms. The van der Waals surface area contributed by atoms with E-state index in [4.69, 9.17) is 5.73 Å². The number of nitrogens with two attached hydrogens (primary N) is 1. The lowest BCUT2D eigenvalue weighted by Gasteiger charge is -2.32. The standard InChI is InChI=1S/C13H18N4O3/c14-13(20)16-7-9-2-1-5-17(8-9)12(19)10-3-4-15-11(18)6-10/h3-4,6,9H,1-2,5,7-8H2,(H,15,18)(H3,14,16,20). The molecule has 1 unspecified atom stereocenters. The number of aromatic amines is 1. The molecule has 108 valence electrons. The Morgan fingerprint density at radius 1 is 1.50 bits per heavy atom. The van der Waals surface area contributed by atoms with Gasteiger partial charge in [0.15, 0.2) is 0 Å². The van der Waals surface area contributed by atoms with Gasteiger partial charge in [-0.15, -0.1) is 0 Å². The number of urea groups is 1. The first-order valence-electron chi connectivity index (χ1n) is 6.57. The van der Waals surface area contributed by atoms with Crippen molar-refractivity contribution in [2.24, 2.45) is 11.7 Å². The van der Waals surface area contributed by atoms with Crippen LogP contribution in [-0.2, 0) is 0 Å². The molecule has 20 heavy (non-hydrogen) atoms. The highest BCUT2D eigenvalue weighted by molar-refractivity contribution is 5.94. The summed E-state index contributed by atoms with van der Waals surface area (Å²) < 4.78 is 0. The molecule has 0 saturated carbocycles. The third kappa shape index (κ3) is 3.59. The lowest BCUT2D eigenvalue weighted by Crippen LogP contribution is -2.44. The van der Waals surface area contributed by atoms with Gasteiger partial charge < -0.3 is 20.9 Å². The van der Waals surface area contributed by atoms with Gasteiger partial charge in [-0.2, -0.15) is 0 Å². The summed E-state index contributed by atoms with van der Waals surface area (Å²) in [4.78, 5) is 38.4. The molecule has 1 fully saturated rings. The SMILES string of the molecule is NC(=O)NCC1CCCN(C(=O)c2cc[nH]c(=O)c2)C1. The van der Waals surface area contributed by atoms with Gasteiger partial charge in [0.2, 0.25) is 5.56 Å². The minimum atomic E-state index is -0.553. The number of likely N-dealkylation sites (tertiary alicyclic amines) is 1. The number of H-pyrrole nitrogens is 1. The van der Waals surface area contributed by atoms with Crippen molar-refractivity contribution in [2.75, 3.05) is 19.6 Å². The molecule has 3 amide bonds. The Labute approximate surface area is 116 Å². The molecular formula is C13H18N4O3. The maximum atomic E-state index is 12.3. The smallest absolute Gasteiger partial charge is 0.312 e. The van der Waals surface area contributed by atoms with Crippen molar-refractivity contribution in [1.29, 1.82) is 0 Å². The van der Waals surface area contributed by atoms with E-state index in [0.29, 0.717) is 25.2 Å². The minimum absolute atomic E-state index is 0.153. The second-order valence-corrected chi connectivity index (χ2v) is 4.95. The van der Waals surface area contributed by atoms with Gasteiger partial charge in [0.05, 0.1) is 0 Å². The number of carbonyl (C=O) groups excluding carboxylic acids is 2. The molecule has 1 aromatic heterocycles. The number of hydrogen-bond donors (Lipinski definition) is 3. The van der Waals surface area contributed by atoms with E-state index < -0.39 is 6.03 Å². The Balaban J connectivity index is 1.99. The first-order chi connectivity index (χ1) is 9.56. The second kappa shape index (κ2) is 6.23. The van der Waals surface area contributed by atoms with E-state index in [0.717, 1.165) is 12.8 Å². The zero-order chi connectivity index (χ0) is 14.5. The summed E-state index contributed by atoms with van der Waals surface area (Å²) in [5.41, 5.74) is 5.14. The van der Waals surface area contributed by atoms with E-state index in [-0.39, 0.29) is 17.4 Å². The number of aromatic nitrogens is 1. The van der Waals surface area contributed by atoms with E-state index in [2.05, 4.69) is 10.3 Å². The second-order valence-electron chi connectivity index (χ2n) is 4.95. The molecule has 1 saturated heterocycles. The zero-order valence-corrected chi connectivity index (χ0v) is 11.1. The van der Waals surface area contributed by atoms with Crippen LogP contribution in [0.5, 0.6) is 0 Å². The van der Waals surface area contributed by atoms with Crippen molar-refractivity contribution in [3.8, 4) is 0 Å². The van der Waals surface area contributed by atoms with Crippen LogP contribution < -0.4 is 16.6 Å². The van der Waals surface area contributed by atoms with E-state index >= 15 is 0 Å². The number of piperidine rings is 1. The van der Waals surface area contributed by atoms with Crippen molar-refractivity contribution >= 4 is 11.9 Å². The Morgan fingerprint density at radius 3 is 3.00 bits per heavy atom. The van der Waals surface area contributed by atoms with Crippen molar-refractivity contribution in [3.05, 3.63) is 34.2 Å². The van der Waals surface area contributed by atoms with Crippen LogP contribution in [0, 0.1) is 5.92 Å². The lowest BCUT2D eigenvalue weighted by molar-refractivity contribution is 0.0675. The van der Waals surface area contributed by atoms with Crippen LogP contribution in [0.3, 0.4) is 0 Å². The summed E-state index contributed by atoms with van der Waals surface area (Å²) in [6.45, 7) is 1.69. The Bertz CT molecular complexity index is 555. The number of pyridine rings is 1. The number of amides is 3. The third-order valence-corrected chi connectivity index (χ3v) is 3.39. The molecule has 1 aliphatic heterocycles. The molecule has 0 aliphatic carbocycles. The number of rotatable bonds is 3. The highest BCUT2D eigenvalue weighted by Gasteiger charge is 2.24. The topological polar surface area (TPSA) is 108 Å². The van der Waals surface area contributed by atoms with Gasteiger partial charge in [-0.1, -0.05) is 0 Å². The molecule has 0 radical (unpaired) electrons. The fraction of sp³-hybridized carbons (Fsp3) is 0.462. The summed E-state index contributed by atoms with van der Waals surface area (Å²) in [5, 5.41) is 2.57. The van der Waals surface area contributed by atoms with Gasteiger partial charge in [-0.25, -0.2) is 4.79 Å². The van der Waals surface area contributed by atoms with Crippen molar-refractivity contribution < 1.29 is 9.59 Å². The van der Waals surface area contributed by atoms with Crippen LogP contribution in [0.25, 0.3) is 0 Å². The molecule has 0 aromatic carbocycles. The van der Waals surface area contributed by atoms with E-state index in [9.17, 15) is 14.4 Å². The van der Waals surface area contributed by atoms with Crippen molar-refractivity contribution in [2.45, 2.75) is 12.8 Å². The first-order valence-corrected chi connectivity index (χ1v) is 6.57. The number of hydrogen-bond acceptors (Lipinski definition) is 3. The summed E-state index contributed by atoms with van der Waals surface area (Å²) in [6, 6.07) is 2.34. The molecule has 7 nitrogen and oxygen atoms in total. The molecule has 2 rings (SSSR count). The summed E-state index contributed by atoms with van der Waals surface area (Å²) in [6.07, 6.45) is 3.28. The summed E-state index contributed by atoms with van der Waals surface area (Å²) in [5.74, 6) is 0.0436. The van der Waals surface area contributed by atoms with Crippen LogP contribution in [0.2, 0.25) is 0 Å². The van der Waals surface area contributed by atoms with Gasteiger partial charge in [-0.05, 0) is 24.8 Å². The molecular weight excluding hydrogens is 260 g/mol. The van der Waals surface area contributed by atoms with Crippen LogP contribution in [-0.4, -0.2) is 41.5 Å². The quantitative estimate of drug-likeness (QED) is 0.718. The van der Waals surface area contributed by atoms with Crippen LogP contribution in [0.4, 0.5) is 4.79 Å². The molecule has 1 aromatic rings. The Kier molecular flexibility index (Phi) is 4.39. The number of nitrogens with zero attached hydrogens (tertiary/aromatic N) is 1. The van der Waals surface area contributed by atoms with Crippen LogP contribution >= 0.6 is 0 Å². The fourth-order valence-corrected chi connectivity index (χ4v) is 2.42. The average Bonchev–Trinajstić information content (AvgIpc) is 2.44. The largest absolute Gasteiger partial charge is 0.352 e. The molecule has 1 aliphatic rings. The predicted molar refractivity (Wildman–Crippen MR) is 73.3 cm³/mol. The molecule has 7 heteroatoms. The van der Waals surface area contributed by atoms with Crippen molar-refractivity contribution in [1.82, 2.24) is 15.2 Å². The summed E-state index contributed by atoms with van der Waals surface area (Å²) in [7, 11) is 0. The minimum Gasteiger partial charge on any atom is -0.352 e. The lowest BCUT2D eigenvalue weighted by atomic mass is 9.97. The maximum Gasteiger partial charge on any atom is 0.312 e. The highest BCUT2D eigenvalue weighted by Crippen LogP contribution is 2.17. The van der Waals surface area contributed by atoms with Gasteiger partial charge in [0.25, 0.3) is 5.91 Å². The monoisotopic (exact) mass is 278 g/mol. The number of primary amides is 1. The van der Waals surface area contributed by atoms with E-state index in [1.807, 2.05) is 0 Å². The van der Waals surface area contributed by atoms with Gasteiger partial charge in [0, 0.05) is 37.5 Å². The highest BCUT2D eigenvalue weighted by atomic mass is 16.2. The maximum absolute atomic E-state index is 12.3. The summed E-state index contributed by atoms with van der Waals surface area (Å²) >= 11 is 0. The predicted octanol–water partition coefficient (Wildman–Crippen LogP) is -0.105. The van der Waals surface area contributed by atoms with Gasteiger partial charge >= 0.3 is 6.03 Å². The van der Waals surface area contributed by atoms with Crippen molar-refractivity contribution in [3.63, 3.8) is 0 Å². The third-order valence-electron chi connectivity index (χ3n) is 3.39. The number of carbonyl (C=O) groups is 2. The molecule has 1 atom stereocenters. The molecule has 0 spiro atoms. The normalized spacial score (nSPS) is 18.6. The molecule has 4 N–H and O–H groups in total. The van der Waals surface area contributed by atoms with E-state index in [1.165, 1.54) is 12.3 Å². The molecule has 2 heterocycles. The fourth-order valence-electron chi connectivity index (χ4n) is 2.42. The average molecular weight is 278 g/mol. The Hall–Kier alpha value is -2.31. The zero-order valence-electron chi connectivity index (χ0n) is 11.1. The number of nitrogens with one attached hydrogen (secondary N) is 2. The van der Waals surface area contributed by atoms with Gasteiger partial charge in [0.1, 0.15) is 0 Å². The van der Waals surface area contributed by atoms with Crippen LogP contribution in [0.15, 0.2) is 23.1 Å². The Morgan fingerprint density at radius 2 is 2.30 bits per heavy atom.